The Bertz CT molecular complexity index is 820. The Morgan fingerprint density at radius 3 is 2.56 bits per heavy atom. The second-order valence-corrected chi connectivity index (χ2v) is 7.47. The number of nitrogens with one attached hydrogen (secondary N) is 1. The molecule has 2 aliphatic rings. The SMILES string of the molecule is Cc1nc(NC(=O)[C@H]2[C@H](C(=O)O)[C@H]3CC[C@H]2O3)sc1-c1ccccc1. The Morgan fingerprint density at radius 1 is 1.20 bits per heavy atom. The lowest BCUT2D eigenvalue weighted by Gasteiger charge is -2.23. The van der Waals surface area contributed by atoms with Gasteiger partial charge in [-0.05, 0) is 25.3 Å². The minimum absolute atomic E-state index is 0.305. The molecule has 0 saturated carbocycles. The van der Waals surface area contributed by atoms with Crippen LogP contribution in [-0.2, 0) is 14.3 Å². The van der Waals surface area contributed by atoms with E-state index in [0.717, 1.165) is 22.6 Å². The molecule has 2 aliphatic heterocycles. The largest absolute Gasteiger partial charge is 0.481 e. The molecular weight excluding hydrogens is 340 g/mol. The number of anilines is 1. The number of hydrogen-bond acceptors (Lipinski definition) is 5. The predicted molar refractivity (Wildman–Crippen MR) is 93.4 cm³/mol. The molecule has 2 bridgehead atoms. The Morgan fingerprint density at radius 2 is 1.88 bits per heavy atom. The van der Waals surface area contributed by atoms with Gasteiger partial charge in [-0.25, -0.2) is 4.98 Å². The lowest BCUT2D eigenvalue weighted by Crippen LogP contribution is -2.40. The summed E-state index contributed by atoms with van der Waals surface area (Å²) in [6.07, 6.45) is 0.787. The maximum Gasteiger partial charge on any atom is 0.310 e. The second-order valence-electron chi connectivity index (χ2n) is 6.47. The highest BCUT2D eigenvalue weighted by molar-refractivity contribution is 7.19. The van der Waals surface area contributed by atoms with Gasteiger partial charge in [-0.15, -0.1) is 0 Å². The number of hydrogen-bond donors (Lipinski definition) is 2. The molecule has 0 spiro atoms. The number of fused-ring (bicyclic) bond motifs is 2. The average Bonchev–Trinajstić information content (AvgIpc) is 3.29. The number of amides is 1. The summed E-state index contributed by atoms with van der Waals surface area (Å²) in [5.74, 6) is -2.70. The predicted octanol–water partition coefficient (Wildman–Crippen LogP) is 2.94. The fourth-order valence-electron chi connectivity index (χ4n) is 3.82. The molecule has 2 fully saturated rings. The zero-order chi connectivity index (χ0) is 17.6. The molecular formula is C18H18N2O4S. The van der Waals surface area contributed by atoms with Crippen molar-refractivity contribution in [3.63, 3.8) is 0 Å². The number of benzene rings is 1. The lowest BCUT2D eigenvalue weighted by molar-refractivity contribution is -0.147. The molecule has 25 heavy (non-hydrogen) atoms. The molecule has 1 aromatic heterocycles. The van der Waals surface area contributed by atoms with Crippen LogP contribution in [0.3, 0.4) is 0 Å². The minimum atomic E-state index is -0.965. The number of thiazole rings is 1. The fourth-order valence-corrected chi connectivity index (χ4v) is 4.80. The van der Waals surface area contributed by atoms with Crippen molar-refractivity contribution < 1.29 is 19.4 Å². The van der Waals surface area contributed by atoms with E-state index in [1.165, 1.54) is 11.3 Å². The van der Waals surface area contributed by atoms with Gasteiger partial charge in [-0.2, -0.15) is 0 Å². The van der Waals surface area contributed by atoms with Gasteiger partial charge in [-0.3, -0.25) is 9.59 Å². The first-order valence-electron chi connectivity index (χ1n) is 8.26. The number of carbonyl (C=O) groups is 2. The van der Waals surface area contributed by atoms with Crippen molar-refractivity contribution in [2.24, 2.45) is 11.8 Å². The van der Waals surface area contributed by atoms with E-state index < -0.39 is 17.8 Å². The summed E-state index contributed by atoms with van der Waals surface area (Å²) < 4.78 is 5.66. The smallest absolute Gasteiger partial charge is 0.310 e. The molecule has 130 valence electrons. The number of nitrogens with zero attached hydrogens (tertiary/aromatic N) is 1. The molecule has 6 nitrogen and oxygen atoms in total. The van der Waals surface area contributed by atoms with Crippen LogP contribution in [0, 0.1) is 18.8 Å². The average molecular weight is 358 g/mol. The van der Waals surface area contributed by atoms with Gasteiger partial charge in [0.15, 0.2) is 5.13 Å². The van der Waals surface area contributed by atoms with E-state index in [1.807, 2.05) is 37.3 Å². The number of ether oxygens (including phenoxy) is 1. The quantitative estimate of drug-likeness (QED) is 0.877. The summed E-state index contributed by atoms with van der Waals surface area (Å²) in [6.45, 7) is 1.90. The first-order chi connectivity index (χ1) is 12.0. The molecule has 2 saturated heterocycles. The van der Waals surface area contributed by atoms with Crippen LogP contribution in [0.4, 0.5) is 5.13 Å². The van der Waals surface area contributed by atoms with Crippen LogP contribution < -0.4 is 5.32 Å². The van der Waals surface area contributed by atoms with Gasteiger partial charge in [0.2, 0.25) is 5.91 Å². The molecule has 1 amide bonds. The van der Waals surface area contributed by atoms with Crippen LogP contribution in [0.5, 0.6) is 0 Å². The van der Waals surface area contributed by atoms with E-state index in [9.17, 15) is 14.7 Å². The first-order valence-corrected chi connectivity index (χ1v) is 9.08. The van der Waals surface area contributed by atoms with E-state index in [1.54, 1.807) is 0 Å². The third kappa shape index (κ3) is 2.83. The fraction of sp³-hybridized carbons (Fsp3) is 0.389. The van der Waals surface area contributed by atoms with E-state index in [0.29, 0.717) is 11.6 Å². The van der Waals surface area contributed by atoms with Gasteiger partial charge in [0.05, 0.1) is 34.6 Å². The standard InChI is InChI=1S/C18H18N2O4S/c1-9-15(10-5-3-2-4-6-10)25-18(19-9)20-16(21)13-11-7-8-12(24-11)14(13)17(22)23/h2-6,11-14H,7-8H2,1H3,(H,22,23)(H,19,20,21)/t11-,12-,13-,14-/m1/s1. The molecule has 0 radical (unpaired) electrons. The van der Waals surface area contributed by atoms with E-state index in [-0.39, 0.29) is 18.1 Å². The molecule has 3 heterocycles. The maximum absolute atomic E-state index is 12.7. The number of aromatic nitrogens is 1. The van der Waals surface area contributed by atoms with Gasteiger partial charge in [0.1, 0.15) is 0 Å². The highest BCUT2D eigenvalue weighted by Crippen LogP contribution is 2.44. The van der Waals surface area contributed by atoms with Crippen LogP contribution in [0.15, 0.2) is 30.3 Å². The van der Waals surface area contributed by atoms with Crippen molar-refractivity contribution in [1.82, 2.24) is 4.98 Å². The topological polar surface area (TPSA) is 88.5 Å². The normalized spacial score (nSPS) is 27.4. The molecule has 4 rings (SSSR count). The maximum atomic E-state index is 12.7. The number of carboxylic acid groups (broad SMARTS) is 1. The number of carbonyl (C=O) groups excluding carboxylic acids is 1. The number of rotatable bonds is 4. The van der Waals surface area contributed by atoms with Crippen molar-refractivity contribution in [3.05, 3.63) is 36.0 Å². The van der Waals surface area contributed by atoms with Crippen LogP contribution in [0.2, 0.25) is 0 Å². The van der Waals surface area contributed by atoms with Gasteiger partial charge in [0.25, 0.3) is 0 Å². The van der Waals surface area contributed by atoms with Crippen LogP contribution >= 0.6 is 11.3 Å². The van der Waals surface area contributed by atoms with Crippen LogP contribution in [0.1, 0.15) is 18.5 Å². The highest BCUT2D eigenvalue weighted by atomic mass is 32.1. The van der Waals surface area contributed by atoms with Crippen molar-refractivity contribution >= 4 is 28.3 Å². The van der Waals surface area contributed by atoms with Crippen molar-refractivity contribution in [2.75, 3.05) is 5.32 Å². The molecule has 2 N–H and O–H groups in total. The molecule has 1 aromatic carbocycles. The molecule has 0 aliphatic carbocycles. The number of aryl methyl sites for hydroxylation is 1. The van der Waals surface area contributed by atoms with Gasteiger partial charge in [-0.1, -0.05) is 41.7 Å². The monoisotopic (exact) mass is 358 g/mol. The summed E-state index contributed by atoms with van der Waals surface area (Å²) in [4.78, 5) is 29.6. The summed E-state index contributed by atoms with van der Waals surface area (Å²) in [6, 6.07) is 9.85. The summed E-state index contributed by atoms with van der Waals surface area (Å²) in [5, 5.41) is 12.7. The van der Waals surface area contributed by atoms with Crippen molar-refractivity contribution in [1.29, 1.82) is 0 Å². The van der Waals surface area contributed by atoms with E-state index in [4.69, 9.17) is 4.74 Å². The van der Waals surface area contributed by atoms with Crippen LogP contribution in [-0.4, -0.2) is 34.2 Å². The number of carboxylic acids is 1. The number of aliphatic carboxylic acids is 1. The highest BCUT2D eigenvalue weighted by Gasteiger charge is 2.55. The Hall–Kier alpha value is -2.25. The first kappa shape index (κ1) is 16.2. The molecule has 2 aromatic rings. The molecule has 0 unspecified atom stereocenters. The molecule has 4 atom stereocenters. The van der Waals surface area contributed by atoms with Crippen molar-refractivity contribution in [2.45, 2.75) is 32.0 Å². The third-order valence-corrected chi connectivity index (χ3v) is 6.05. The summed E-state index contributed by atoms with van der Waals surface area (Å²) in [7, 11) is 0. The Kier molecular flexibility index (Phi) is 4.05. The molecule has 7 heteroatoms. The van der Waals surface area contributed by atoms with E-state index in [2.05, 4.69) is 10.3 Å². The summed E-state index contributed by atoms with van der Waals surface area (Å²) >= 11 is 1.40. The third-order valence-electron chi connectivity index (χ3n) is 4.92. The Balaban J connectivity index is 1.55. The van der Waals surface area contributed by atoms with Gasteiger partial charge >= 0.3 is 5.97 Å². The lowest BCUT2D eigenvalue weighted by atomic mass is 9.79. The Labute approximate surface area is 148 Å². The second kappa shape index (κ2) is 6.24. The van der Waals surface area contributed by atoms with Gasteiger partial charge in [0, 0.05) is 0 Å². The van der Waals surface area contributed by atoms with Crippen molar-refractivity contribution in [3.8, 4) is 10.4 Å². The van der Waals surface area contributed by atoms with Gasteiger partial charge < -0.3 is 15.2 Å². The summed E-state index contributed by atoms with van der Waals surface area (Å²) in [5.41, 5.74) is 1.88. The van der Waals surface area contributed by atoms with E-state index >= 15 is 0 Å². The zero-order valence-corrected chi connectivity index (χ0v) is 14.5. The van der Waals surface area contributed by atoms with Crippen LogP contribution in [0.25, 0.3) is 10.4 Å². The minimum Gasteiger partial charge on any atom is -0.481 e. The zero-order valence-electron chi connectivity index (χ0n) is 13.6.